The van der Waals surface area contributed by atoms with Gasteiger partial charge in [-0.15, -0.1) is 0 Å². The second-order valence-corrected chi connectivity index (χ2v) is 5.60. The van der Waals surface area contributed by atoms with E-state index in [2.05, 4.69) is 4.90 Å². The lowest BCUT2D eigenvalue weighted by atomic mass is 9.94. The van der Waals surface area contributed by atoms with Crippen molar-refractivity contribution in [3.05, 3.63) is 0 Å². The molecular formula is C14H27N3O. The molecule has 1 aliphatic carbocycles. The van der Waals surface area contributed by atoms with Gasteiger partial charge in [0.15, 0.2) is 0 Å². The van der Waals surface area contributed by atoms with Crippen LogP contribution in [0.3, 0.4) is 0 Å². The van der Waals surface area contributed by atoms with E-state index < -0.39 is 0 Å². The summed E-state index contributed by atoms with van der Waals surface area (Å²) in [5.41, 5.74) is 5.69. The number of carbonyl (C=O) groups is 1. The summed E-state index contributed by atoms with van der Waals surface area (Å²) < 4.78 is 0. The molecule has 0 bridgehead atoms. The molecule has 1 saturated carbocycles. The predicted octanol–water partition coefficient (Wildman–Crippen LogP) is 2.19. The highest BCUT2D eigenvalue weighted by atomic mass is 16.2. The normalized spacial score (nSPS) is 21.9. The second-order valence-electron chi connectivity index (χ2n) is 5.60. The summed E-state index contributed by atoms with van der Waals surface area (Å²) in [4.78, 5) is 16.7. The van der Waals surface area contributed by atoms with E-state index in [4.69, 9.17) is 5.73 Å². The average molecular weight is 253 g/mol. The van der Waals surface area contributed by atoms with Gasteiger partial charge in [-0.3, -0.25) is 0 Å². The molecule has 1 aliphatic heterocycles. The van der Waals surface area contributed by atoms with E-state index in [1.807, 2.05) is 4.90 Å². The molecule has 18 heavy (non-hydrogen) atoms. The third-order valence-corrected chi connectivity index (χ3v) is 4.26. The molecule has 2 rings (SSSR count). The Kier molecular flexibility index (Phi) is 5.29. The third-order valence-electron chi connectivity index (χ3n) is 4.26. The summed E-state index contributed by atoms with van der Waals surface area (Å²) in [6.07, 6.45) is 9.77. The van der Waals surface area contributed by atoms with Crippen molar-refractivity contribution < 1.29 is 4.79 Å². The van der Waals surface area contributed by atoms with Crippen molar-refractivity contribution >= 4 is 6.03 Å². The Morgan fingerprint density at radius 1 is 1.06 bits per heavy atom. The Morgan fingerprint density at radius 2 is 1.67 bits per heavy atom. The van der Waals surface area contributed by atoms with E-state index >= 15 is 0 Å². The van der Waals surface area contributed by atoms with Crippen molar-refractivity contribution in [2.75, 3.05) is 26.2 Å². The highest BCUT2D eigenvalue weighted by Gasteiger charge is 2.28. The average Bonchev–Trinajstić information content (AvgIpc) is 2.46. The first-order valence-electron chi connectivity index (χ1n) is 7.58. The van der Waals surface area contributed by atoms with E-state index in [9.17, 15) is 4.79 Å². The van der Waals surface area contributed by atoms with Crippen LogP contribution in [0.4, 0.5) is 4.79 Å². The van der Waals surface area contributed by atoms with Gasteiger partial charge in [-0.1, -0.05) is 19.3 Å². The number of urea groups is 1. The van der Waals surface area contributed by atoms with Gasteiger partial charge >= 0.3 is 6.03 Å². The number of hydrogen-bond donors (Lipinski definition) is 1. The molecular weight excluding hydrogens is 226 g/mol. The van der Waals surface area contributed by atoms with Crippen LogP contribution in [-0.4, -0.2) is 48.1 Å². The van der Waals surface area contributed by atoms with Crippen LogP contribution in [0.25, 0.3) is 0 Å². The minimum Gasteiger partial charge on any atom is -0.329 e. The lowest BCUT2D eigenvalue weighted by Crippen LogP contribution is -2.51. The quantitative estimate of drug-likeness (QED) is 0.838. The van der Waals surface area contributed by atoms with Crippen molar-refractivity contribution in [2.24, 2.45) is 5.73 Å². The zero-order valence-corrected chi connectivity index (χ0v) is 11.4. The molecule has 0 aromatic heterocycles. The number of carbonyl (C=O) groups excluding carboxylic acids is 1. The zero-order chi connectivity index (χ0) is 12.8. The number of nitrogens with zero attached hydrogens (tertiary/aromatic N) is 2. The molecule has 2 fully saturated rings. The maximum absolute atomic E-state index is 12.6. The van der Waals surface area contributed by atoms with Crippen molar-refractivity contribution in [1.29, 1.82) is 0 Å². The molecule has 4 nitrogen and oxygen atoms in total. The van der Waals surface area contributed by atoms with Crippen molar-refractivity contribution in [1.82, 2.24) is 9.80 Å². The summed E-state index contributed by atoms with van der Waals surface area (Å²) in [6, 6.07) is 0.684. The van der Waals surface area contributed by atoms with Gasteiger partial charge in [-0.2, -0.15) is 0 Å². The number of hydrogen-bond acceptors (Lipinski definition) is 2. The van der Waals surface area contributed by atoms with Gasteiger partial charge in [-0.25, -0.2) is 4.79 Å². The van der Waals surface area contributed by atoms with E-state index in [0.717, 1.165) is 32.5 Å². The van der Waals surface area contributed by atoms with Crippen LogP contribution in [-0.2, 0) is 0 Å². The van der Waals surface area contributed by atoms with Crippen LogP contribution in [0, 0.1) is 0 Å². The Bertz CT molecular complexity index is 258. The lowest BCUT2D eigenvalue weighted by molar-refractivity contribution is 0.114. The summed E-state index contributed by atoms with van der Waals surface area (Å²) in [5, 5.41) is 0. The van der Waals surface area contributed by atoms with Gasteiger partial charge in [0, 0.05) is 32.2 Å². The van der Waals surface area contributed by atoms with Crippen LogP contribution in [0.15, 0.2) is 0 Å². The third kappa shape index (κ3) is 3.37. The first-order valence-corrected chi connectivity index (χ1v) is 7.58. The maximum Gasteiger partial charge on any atom is 0.320 e. The number of likely N-dealkylation sites (tertiary alicyclic amines) is 1. The van der Waals surface area contributed by atoms with Gasteiger partial charge in [0.1, 0.15) is 0 Å². The number of nitrogens with two attached hydrogens (primary N) is 1. The van der Waals surface area contributed by atoms with Crippen molar-refractivity contribution in [2.45, 2.75) is 57.4 Å². The number of piperidine rings is 1. The molecule has 1 heterocycles. The molecule has 1 saturated heterocycles. The summed E-state index contributed by atoms with van der Waals surface area (Å²) in [5.74, 6) is 0. The molecule has 104 valence electrons. The van der Waals surface area contributed by atoms with Gasteiger partial charge in [0.05, 0.1) is 0 Å². The van der Waals surface area contributed by atoms with Crippen LogP contribution in [0.5, 0.6) is 0 Å². The van der Waals surface area contributed by atoms with Crippen LogP contribution in [0.2, 0.25) is 0 Å². The summed E-state index contributed by atoms with van der Waals surface area (Å²) in [6.45, 7) is 3.18. The highest BCUT2D eigenvalue weighted by molar-refractivity contribution is 5.75. The number of rotatable bonds is 3. The molecule has 0 spiro atoms. The van der Waals surface area contributed by atoms with Crippen LogP contribution in [0.1, 0.15) is 51.4 Å². The molecule has 0 radical (unpaired) electrons. The van der Waals surface area contributed by atoms with E-state index in [1.165, 1.54) is 38.5 Å². The molecule has 0 aromatic carbocycles. The molecule has 2 N–H and O–H groups in total. The summed E-state index contributed by atoms with van der Waals surface area (Å²) in [7, 11) is 0. The molecule has 2 aliphatic rings. The predicted molar refractivity (Wildman–Crippen MR) is 73.5 cm³/mol. The monoisotopic (exact) mass is 253 g/mol. The minimum absolute atomic E-state index is 0.243. The zero-order valence-electron chi connectivity index (χ0n) is 11.4. The topological polar surface area (TPSA) is 49.6 Å². The smallest absolute Gasteiger partial charge is 0.320 e. The SMILES string of the molecule is NCCN(C(=O)N1CCCCC1)C1CCCCC1. The summed E-state index contributed by atoms with van der Waals surface area (Å²) >= 11 is 0. The van der Waals surface area contributed by atoms with Crippen molar-refractivity contribution in [3.63, 3.8) is 0 Å². The van der Waals surface area contributed by atoms with Crippen LogP contribution < -0.4 is 5.73 Å². The molecule has 0 aromatic rings. The fourth-order valence-electron chi connectivity index (χ4n) is 3.23. The Labute approximate surface area is 110 Å². The van der Waals surface area contributed by atoms with Crippen LogP contribution >= 0.6 is 0 Å². The Morgan fingerprint density at radius 3 is 2.28 bits per heavy atom. The molecule has 2 amide bonds. The largest absolute Gasteiger partial charge is 0.329 e. The van der Waals surface area contributed by atoms with E-state index in [1.54, 1.807) is 0 Å². The van der Waals surface area contributed by atoms with Gasteiger partial charge in [0.2, 0.25) is 0 Å². The number of amides is 2. The first kappa shape index (κ1) is 13.7. The van der Waals surface area contributed by atoms with E-state index in [0.29, 0.717) is 12.6 Å². The fraction of sp³-hybridized carbons (Fsp3) is 0.929. The van der Waals surface area contributed by atoms with E-state index in [-0.39, 0.29) is 6.03 Å². The molecule has 4 heteroatoms. The van der Waals surface area contributed by atoms with Gasteiger partial charge < -0.3 is 15.5 Å². The Hall–Kier alpha value is -0.770. The van der Waals surface area contributed by atoms with Gasteiger partial charge in [-0.05, 0) is 32.1 Å². The van der Waals surface area contributed by atoms with Gasteiger partial charge in [0.25, 0.3) is 0 Å². The molecule has 0 unspecified atom stereocenters. The van der Waals surface area contributed by atoms with Crippen molar-refractivity contribution in [3.8, 4) is 0 Å². The Balaban J connectivity index is 1.96. The first-order chi connectivity index (χ1) is 8.83. The minimum atomic E-state index is 0.243. The highest BCUT2D eigenvalue weighted by Crippen LogP contribution is 2.24. The standard InChI is InChI=1S/C14H27N3O/c15-9-12-17(13-7-3-1-4-8-13)14(18)16-10-5-2-6-11-16/h13H,1-12,15H2. The fourth-order valence-corrected chi connectivity index (χ4v) is 3.23. The molecule has 0 atom stereocenters. The lowest BCUT2D eigenvalue weighted by Gasteiger charge is -2.39. The second kappa shape index (κ2) is 6.98. The maximum atomic E-state index is 12.6.